The van der Waals surface area contributed by atoms with Crippen molar-refractivity contribution in [3.63, 3.8) is 0 Å². The van der Waals surface area contributed by atoms with Crippen molar-refractivity contribution in [1.29, 1.82) is 0 Å². The number of hydrogen-bond donors (Lipinski definition) is 1. The first-order valence-corrected chi connectivity index (χ1v) is 6.63. The Morgan fingerprint density at radius 2 is 1.78 bits per heavy atom. The zero-order valence-electron chi connectivity index (χ0n) is 11.9. The third-order valence-corrected chi connectivity index (χ3v) is 2.65. The molecule has 0 radical (unpaired) electrons. The topological polar surface area (TPSA) is 64.6 Å². The van der Waals surface area contributed by atoms with Crippen molar-refractivity contribution in [3.05, 3.63) is 60.2 Å². The van der Waals surface area contributed by atoms with Gasteiger partial charge in [-0.1, -0.05) is 18.2 Å². The fourth-order valence-corrected chi connectivity index (χ4v) is 1.65. The molecule has 0 aliphatic carbocycles. The van der Waals surface area contributed by atoms with Crippen LogP contribution in [0.5, 0.6) is 5.75 Å². The molecule has 0 spiro atoms. The number of para-hydroxylation sites is 1. The maximum absolute atomic E-state index is 13.3. The number of nitrogens with one attached hydrogen (secondary N) is 1. The Morgan fingerprint density at radius 1 is 1.00 bits per heavy atom. The second-order valence-corrected chi connectivity index (χ2v) is 4.44. The Hall–Kier alpha value is -2.96. The first kappa shape index (κ1) is 16.4. The van der Waals surface area contributed by atoms with Gasteiger partial charge in [-0.05, 0) is 30.3 Å². The normalized spacial score (nSPS) is 10.0. The third kappa shape index (κ3) is 5.39. The van der Waals surface area contributed by atoms with Gasteiger partial charge in [-0.25, -0.2) is 13.6 Å². The molecule has 0 fully saturated rings. The van der Waals surface area contributed by atoms with E-state index < -0.39 is 36.7 Å². The molecular weight excluding hydrogens is 308 g/mol. The Kier molecular flexibility index (Phi) is 5.62. The van der Waals surface area contributed by atoms with Gasteiger partial charge < -0.3 is 14.8 Å². The molecule has 0 aliphatic rings. The van der Waals surface area contributed by atoms with Crippen LogP contribution in [0.3, 0.4) is 0 Å². The van der Waals surface area contributed by atoms with E-state index >= 15 is 0 Å². The fourth-order valence-electron chi connectivity index (χ4n) is 1.65. The van der Waals surface area contributed by atoms with Crippen LogP contribution in [0.15, 0.2) is 48.5 Å². The van der Waals surface area contributed by atoms with Crippen LogP contribution in [-0.4, -0.2) is 25.1 Å². The number of amides is 1. The molecule has 0 aliphatic heterocycles. The SMILES string of the molecule is O=C(COC(=O)COc1ccccc1F)Nc1cccc(F)c1. The molecule has 5 nitrogen and oxygen atoms in total. The highest BCUT2D eigenvalue weighted by molar-refractivity contribution is 5.92. The van der Waals surface area contributed by atoms with E-state index in [0.717, 1.165) is 6.07 Å². The molecular formula is C16H13F2NO4. The van der Waals surface area contributed by atoms with Crippen molar-refractivity contribution >= 4 is 17.6 Å². The number of ether oxygens (including phenoxy) is 2. The molecule has 2 aromatic rings. The Labute approximate surface area is 130 Å². The largest absolute Gasteiger partial charge is 0.479 e. The summed E-state index contributed by atoms with van der Waals surface area (Å²) in [6, 6.07) is 10.9. The van der Waals surface area contributed by atoms with Gasteiger partial charge in [0, 0.05) is 5.69 Å². The number of rotatable bonds is 6. The highest BCUT2D eigenvalue weighted by Gasteiger charge is 2.10. The van der Waals surface area contributed by atoms with Gasteiger partial charge in [0.15, 0.2) is 24.8 Å². The molecule has 2 rings (SSSR count). The quantitative estimate of drug-likeness (QED) is 0.831. The number of halogens is 2. The molecule has 1 amide bonds. The Morgan fingerprint density at radius 3 is 2.52 bits per heavy atom. The summed E-state index contributed by atoms with van der Waals surface area (Å²) in [7, 11) is 0. The summed E-state index contributed by atoms with van der Waals surface area (Å²) in [5.41, 5.74) is 0.244. The van der Waals surface area contributed by atoms with Crippen LogP contribution in [0.1, 0.15) is 0 Å². The predicted molar refractivity (Wildman–Crippen MR) is 77.9 cm³/mol. The number of carbonyl (C=O) groups excluding carboxylic acids is 2. The van der Waals surface area contributed by atoms with Crippen molar-refractivity contribution in [2.24, 2.45) is 0 Å². The predicted octanol–water partition coefficient (Wildman–Crippen LogP) is 2.53. The van der Waals surface area contributed by atoms with Gasteiger partial charge in [0.1, 0.15) is 5.82 Å². The Balaban J connectivity index is 1.74. The summed E-state index contributed by atoms with van der Waals surface area (Å²) in [5.74, 6) is -2.66. The van der Waals surface area contributed by atoms with E-state index in [0.29, 0.717) is 0 Å². The maximum Gasteiger partial charge on any atom is 0.344 e. The molecule has 7 heteroatoms. The lowest BCUT2D eigenvalue weighted by Gasteiger charge is -2.08. The molecule has 0 heterocycles. The second kappa shape index (κ2) is 7.88. The van der Waals surface area contributed by atoms with Gasteiger partial charge in [0.2, 0.25) is 0 Å². The van der Waals surface area contributed by atoms with Gasteiger partial charge in [0.05, 0.1) is 0 Å². The van der Waals surface area contributed by atoms with Crippen molar-refractivity contribution in [1.82, 2.24) is 0 Å². The van der Waals surface area contributed by atoms with Gasteiger partial charge in [0.25, 0.3) is 5.91 Å². The first-order chi connectivity index (χ1) is 11.0. The standard InChI is InChI=1S/C16H13F2NO4/c17-11-4-3-5-12(8-11)19-15(20)9-23-16(21)10-22-14-7-2-1-6-13(14)18/h1-8H,9-10H2,(H,19,20). The van der Waals surface area contributed by atoms with Crippen molar-refractivity contribution in [3.8, 4) is 5.75 Å². The summed E-state index contributed by atoms with van der Waals surface area (Å²) >= 11 is 0. The average molecular weight is 321 g/mol. The Bertz CT molecular complexity index is 706. The van der Waals surface area contributed by atoms with E-state index in [9.17, 15) is 18.4 Å². The van der Waals surface area contributed by atoms with E-state index in [1.54, 1.807) is 6.07 Å². The molecule has 0 unspecified atom stereocenters. The van der Waals surface area contributed by atoms with Gasteiger partial charge in [-0.3, -0.25) is 4.79 Å². The molecule has 2 aromatic carbocycles. The van der Waals surface area contributed by atoms with Gasteiger partial charge in [-0.2, -0.15) is 0 Å². The summed E-state index contributed by atoms with van der Waals surface area (Å²) in [4.78, 5) is 23.0. The van der Waals surface area contributed by atoms with Crippen molar-refractivity contribution < 1.29 is 27.8 Å². The van der Waals surface area contributed by atoms with E-state index in [4.69, 9.17) is 4.74 Å². The molecule has 1 N–H and O–H groups in total. The minimum absolute atomic E-state index is 0.0892. The number of benzene rings is 2. The molecule has 0 aromatic heterocycles. The van der Waals surface area contributed by atoms with Crippen LogP contribution in [0.25, 0.3) is 0 Å². The smallest absolute Gasteiger partial charge is 0.344 e. The number of carbonyl (C=O) groups is 2. The van der Waals surface area contributed by atoms with Crippen molar-refractivity contribution in [2.45, 2.75) is 0 Å². The molecule has 0 atom stereocenters. The van der Waals surface area contributed by atoms with E-state index in [1.807, 2.05) is 0 Å². The monoisotopic (exact) mass is 321 g/mol. The van der Waals surface area contributed by atoms with Crippen LogP contribution in [0.2, 0.25) is 0 Å². The highest BCUT2D eigenvalue weighted by atomic mass is 19.1. The van der Waals surface area contributed by atoms with Gasteiger partial charge >= 0.3 is 5.97 Å². The number of hydrogen-bond acceptors (Lipinski definition) is 4. The molecule has 23 heavy (non-hydrogen) atoms. The molecule has 0 saturated heterocycles. The minimum atomic E-state index is -0.831. The van der Waals surface area contributed by atoms with Crippen LogP contribution in [0, 0.1) is 11.6 Å². The zero-order valence-corrected chi connectivity index (χ0v) is 11.9. The number of anilines is 1. The first-order valence-electron chi connectivity index (χ1n) is 6.63. The molecule has 0 saturated carbocycles. The van der Waals surface area contributed by atoms with E-state index in [2.05, 4.69) is 10.1 Å². The van der Waals surface area contributed by atoms with E-state index in [1.165, 1.54) is 36.4 Å². The summed E-state index contributed by atoms with van der Waals surface area (Å²) in [5, 5.41) is 2.36. The lowest BCUT2D eigenvalue weighted by Crippen LogP contribution is -2.23. The van der Waals surface area contributed by atoms with E-state index in [-0.39, 0.29) is 11.4 Å². The summed E-state index contributed by atoms with van der Waals surface area (Å²) < 4.78 is 35.8. The zero-order chi connectivity index (χ0) is 16.7. The minimum Gasteiger partial charge on any atom is -0.479 e. The second-order valence-electron chi connectivity index (χ2n) is 4.44. The lowest BCUT2D eigenvalue weighted by atomic mass is 10.3. The summed E-state index contributed by atoms with van der Waals surface area (Å²) in [6.45, 7) is -1.09. The molecule has 0 bridgehead atoms. The van der Waals surface area contributed by atoms with Crippen LogP contribution < -0.4 is 10.1 Å². The highest BCUT2D eigenvalue weighted by Crippen LogP contribution is 2.15. The summed E-state index contributed by atoms with van der Waals surface area (Å²) in [6.07, 6.45) is 0. The van der Waals surface area contributed by atoms with Crippen LogP contribution in [0.4, 0.5) is 14.5 Å². The van der Waals surface area contributed by atoms with Gasteiger partial charge in [-0.15, -0.1) is 0 Å². The maximum atomic E-state index is 13.3. The molecule has 120 valence electrons. The fraction of sp³-hybridized carbons (Fsp3) is 0.125. The lowest BCUT2D eigenvalue weighted by molar-refractivity contribution is -0.149. The van der Waals surface area contributed by atoms with Crippen molar-refractivity contribution in [2.75, 3.05) is 18.5 Å². The number of esters is 1. The van der Waals surface area contributed by atoms with Crippen LogP contribution in [-0.2, 0) is 14.3 Å². The third-order valence-electron chi connectivity index (χ3n) is 2.65. The average Bonchev–Trinajstić information content (AvgIpc) is 2.52. The van der Waals surface area contributed by atoms with Crippen LogP contribution >= 0.6 is 0 Å².